The fourth-order valence-electron chi connectivity index (χ4n) is 4.08. The van der Waals surface area contributed by atoms with Crippen molar-refractivity contribution in [3.63, 3.8) is 0 Å². The van der Waals surface area contributed by atoms with Crippen molar-refractivity contribution in [3.05, 3.63) is 60.7 Å². The van der Waals surface area contributed by atoms with Gasteiger partial charge in [0.25, 0.3) is 0 Å². The molecule has 2 aromatic rings. The maximum absolute atomic E-state index is 3.86. The molecule has 0 saturated heterocycles. The van der Waals surface area contributed by atoms with Crippen molar-refractivity contribution in [1.29, 1.82) is 0 Å². The second kappa shape index (κ2) is 11.0. The van der Waals surface area contributed by atoms with Crippen LogP contribution < -0.4 is 10.6 Å². The molecule has 140 valence electrons. The van der Waals surface area contributed by atoms with Crippen LogP contribution in [0.3, 0.4) is 0 Å². The smallest absolute Gasteiger partial charge is 0.0384 e. The SMILES string of the molecule is C1CCC(NC2CCCCC2)CC1.c1ccc(Nc2ccccc2)cc1. The Hall–Kier alpha value is -1.80. The number of benzene rings is 2. The van der Waals surface area contributed by atoms with Crippen molar-refractivity contribution in [2.24, 2.45) is 0 Å². The van der Waals surface area contributed by atoms with Crippen molar-refractivity contribution in [2.75, 3.05) is 5.32 Å². The summed E-state index contributed by atoms with van der Waals surface area (Å²) in [5.74, 6) is 0. The van der Waals surface area contributed by atoms with E-state index in [1.54, 1.807) is 0 Å². The Morgan fingerprint density at radius 1 is 0.500 bits per heavy atom. The molecule has 2 nitrogen and oxygen atoms in total. The third kappa shape index (κ3) is 6.84. The van der Waals surface area contributed by atoms with Crippen molar-refractivity contribution >= 4 is 11.4 Å². The van der Waals surface area contributed by atoms with Gasteiger partial charge in [0.15, 0.2) is 0 Å². The van der Waals surface area contributed by atoms with Gasteiger partial charge in [-0.05, 0) is 49.9 Å². The monoisotopic (exact) mass is 350 g/mol. The first-order valence-corrected chi connectivity index (χ1v) is 10.5. The highest BCUT2D eigenvalue weighted by Gasteiger charge is 2.19. The van der Waals surface area contributed by atoms with Crippen LogP contribution in [-0.2, 0) is 0 Å². The minimum Gasteiger partial charge on any atom is -0.356 e. The molecule has 0 heterocycles. The summed E-state index contributed by atoms with van der Waals surface area (Å²) in [5, 5.41) is 7.16. The zero-order chi connectivity index (χ0) is 17.9. The van der Waals surface area contributed by atoms with Crippen molar-refractivity contribution in [2.45, 2.75) is 76.3 Å². The largest absolute Gasteiger partial charge is 0.356 e. The van der Waals surface area contributed by atoms with E-state index in [4.69, 9.17) is 0 Å². The number of para-hydroxylation sites is 2. The number of rotatable bonds is 4. The van der Waals surface area contributed by atoms with Crippen LogP contribution in [0.15, 0.2) is 60.7 Å². The van der Waals surface area contributed by atoms with Crippen LogP contribution in [0.1, 0.15) is 64.2 Å². The molecule has 2 aliphatic rings. The van der Waals surface area contributed by atoms with Crippen LogP contribution in [0.25, 0.3) is 0 Å². The van der Waals surface area contributed by atoms with E-state index in [1.807, 2.05) is 60.7 Å². The summed E-state index contributed by atoms with van der Waals surface area (Å²) in [6.07, 6.45) is 14.6. The minimum absolute atomic E-state index is 0.872. The number of hydrogen-bond acceptors (Lipinski definition) is 2. The van der Waals surface area contributed by atoms with Crippen molar-refractivity contribution in [1.82, 2.24) is 5.32 Å². The summed E-state index contributed by atoms with van der Waals surface area (Å²) in [7, 11) is 0. The van der Waals surface area contributed by atoms with E-state index < -0.39 is 0 Å². The fraction of sp³-hybridized carbons (Fsp3) is 0.500. The van der Waals surface area contributed by atoms with Crippen LogP contribution in [0.4, 0.5) is 11.4 Å². The number of nitrogens with one attached hydrogen (secondary N) is 2. The van der Waals surface area contributed by atoms with E-state index in [1.165, 1.54) is 64.2 Å². The molecule has 4 rings (SSSR count). The van der Waals surface area contributed by atoms with Gasteiger partial charge in [-0.3, -0.25) is 0 Å². The second-order valence-electron chi connectivity index (χ2n) is 7.69. The normalized spacial score (nSPS) is 18.6. The Morgan fingerprint density at radius 2 is 0.885 bits per heavy atom. The van der Waals surface area contributed by atoms with Crippen LogP contribution in [0, 0.1) is 0 Å². The molecule has 26 heavy (non-hydrogen) atoms. The van der Waals surface area contributed by atoms with Crippen LogP contribution in [0.5, 0.6) is 0 Å². The van der Waals surface area contributed by atoms with E-state index >= 15 is 0 Å². The van der Waals surface area contributed by atoms with E-state index in [2.05, 4.69) is 10.6 Å². The van der Waals surface area contributed by atoms with Crippen LogP contribution in [-0.4, -0.2) is 12.1 Å². The van der Waals surface area contributed by atoms with Gasteiger partial charge in [-0.25, -0.2) is 0 Å². The summed E-state index contributed by atoms with van der Waals surface area (Å²) < 4.78 is 0. The van der Waals surface area contributed by atoms with E-state index in [0.29, 0.717) is 0 Å². The summed E-state index contributed by atoms with van der Waals surface area (Å²) in [4.78, 5) is 0. The average molecular weight is 351 g/mol. The van der Waals surface area contributed by atoms with Crippen molar-refractivity contribution < 1.29 is 0 Å². The number of hydrogen-bond donors (Lipinski definition) is 2. The molecule has 0 bridgehead atoms. The first-order chi connectivity index (χ1) is 12.9. The average Bonchev–Trinajstić information content (AvgIpc) is 2.72. The standard InChI is InChI=1S/C12H23N.C12H11N/c2*1-3-7-11(8-4-1)13-12-9-5-2-6-10-12/h11-13H,1-10H2;1-10,13H. The van der Waals surface area contributed by atoms with Crippen LogP contribution >= 0.6 is 0 Å². The first-order valence-electron chi connectivity index (χ1n) is 10.5. The van der Waals surface area contributed by atoms with Gasteiger partial charge in [0.1, 0.15) is 0 Å². The fourth-order valence-corrected chi connectivity index (χ4v) is 4.08. The maximum Gasteiger partial charge on any atom is 0.0384 e. The zero-order valence-corrected chi connectivity index (χ0v) is 16.0. The van der Waals surface area contributed by atoms with Gasteiger partial charge in [0.05, 0.1) is 0 Å². The Labute approximate surface area is 159 Å². The Kier molecular flexibility index (Phi) is 8.05. The molecule has 2 fully saturated rings. The molecule has 0 aromatic heterocycles. The highest BCUT2D eigenvalue weighted by Crippen LogP contribution is 2.22. The lowest BCUT2D eigenvalue weighted by molar-refractivity contribution is 0.291. The lowest BCUT2D eigenvalue weighted by Crippen LogP contribution is -2.40. The molecule has 0 amide bonds. The lowest BCUT2D eigenvalue weighted by Gasteiger charge is -2.30. The second-order valence-corrected chi connectivity index (χ2v) is 7.69. The zero-order valence-electron chi connectivity index (χ0n) is 16.0. The van der Waals surface area contributed by atoms with E-state index in [-0.39, 0.29) is 0 Å². The minimum atomic E-state index is 0.872. The highest BCUT2D eigenvalue weighted by atomic mass is 14.9. The predicted octanol–water partition coefficient (Wildman–Crippen LogP) is 6.67. The molecule has 0 unspecified atom stereocenters. The topological polar surface area (TPSA) is 24.1 Å². The maximum atomic E-state index is 3.86. The summed E-state index contributed by atoms with van der Waals surface area (Å²) in [5.41, 5.74) is 2.24. The predicted molar refractivity (Wildman–Crippen MR) is 113 cm³/mol. The highest BCUT2D eigenvalue weighted by molar-refractivity contribution is 5.58. The third-order valence-corrected chi connectivity index (χ3v) is 5.52. The summed E-state index contributed by atoms with van der Waals surface area (Å²) in [6.45, 7) is 0. The summed E-state index contributed by atoms with van der Waals surface area (Å²) >= 11 is 0. The molecule has 2 N–H and O–H groups in total. The van der Waals surface area contributed by atoms with Gasteiger partial charge in [-0.2, -0.15) is 0 Å². The molecular formula is C24H34N2. The third-order valence-electron chi connectivity index (χ3n) is 5.52. The van der Waals surface area contributed by atoms with Gasteiger partial charge in [0.2, 0.25) is 0 Å². The first kappa shape index (κ1) is 19.0. The Bertz CT molecular complexity index is 531. The molecular weight excluding hydrogens is 316 g/mol. The molecule has 0 radical (unpaired) electrons. The molecule has 2 aromatic carbocycles. The molecule has 0 aliphatic heterocycles. The molecule has 2 aliphatic carbocycles. The van der Waals surface area contributed by atoms with Gasteiger partial charge in [-0.1, -0.05) is 74.9 Å². The van der Waals surface area contributed by atoms with E-state index in [9.17, 15) is 0 Å². The van der Waals surface area contributed by atoms with Crippen LogP contribution in [0.2, 0.25) is 0 Å². The molecule has 0 atom stereocenters. The van der Waals surface area contributed by atoms with Gasteiger partial charge < -0.3 is 10.6 Å². The summed E-state index contributed by atoms with van der Waals surface area (Å²) in [6, 6.07) is 22.0. The van der Waals surface area contributed by atoms with Gasteiger partial charge in [-0.15, -0.1) is 0 Å². The molecule has 2 saturated carbocycles. The van der Waals surface area contributed by atoms with Gasteiger partial charge >= 0.3 is 0 Å². The molecule has 2 heteroatoms. The Morgan fingerprint density at radius 3 is 1.27 bits per heavy atom. The van der Waals surface area contributed by atoms with E-state index in [0.717, 1.165) is 23.5 Å². The van der Waals surface area contributed by atoms with Gasteiger partial charge in [0, 0.05) is 23.5 Å². The molecule has 0 spiro atoms. The lowest BCUT2D eigenvalue weighted by atomic mass is 9.91. The van der Waals surface area contributed by atoms with Crippen molar-refractivity contribution in [3.8, 4) is 0 Å². The number of anilines is 2. The Balaban J connectivity index is 0.000000151. The quantitative estimate of drug-likeness (QED) is 0.643.